The second-order valence-corrected chi connectivity index (χ2v) is 8.93. The van der Waals surface area contributed by atoms with Gasteiger partial charge in [0, 0.05) is 0 Å². The van der Waals surface area contributed by atoms with E-state index in [-0.39, 0.29) is 29.2 Å². The predicted molar refractivity (Wildman–Crippen MR) is 118 cm³/mol. The molecule has 28 heavy (non-hydrogen) atoms. The maximum atomic E-state index is 5.30. The highest BCUT2D eigenvalue weighted by atomic mass is 35.5. The van der Waals surface area contributed by atoms with Crippen molar-refractivity contribution in [1.29, 1.82) is 0 Å². The van der Waals surface area contributed by atoms with Crippen molar-refractivity contribution in [3.05, 3.63) is 46.8 Å². The number of benzene rings is 1. The van der Waals surface area contributed by atoms with Crippen LogP contribution in [0.15, 0.2) is 34.6 Å². The SMILES string of the molecule is C/C(=N\N=C(N)N)c1cn(Cc2cc(C(C)(C)C)cc(C(C)(C)C)c2)nn1.Cl. The first-order valence-corrected chi connectivity index (χ1v) is 9.05. The third-order valence-electron chi connectivity index (χ3n) is 4.29. The smallest absolute Gasteiger partial charge is 0.211 e. The Morgan fingerprint density at radius 2 is 1.50 bits per heavy atom. The summed E-state index contributed by atoms with van der Waals surface area (Å²) in [4.78, 5) is 0. The van der Waals surface area contributed by atoms with E-state index in [9.17, 15) is 0 Å². The van der Waals surface area contributed by atoms with Crippen LogP contribution in [0.3, 0.4) is 0 Å². The summed E-state index contributed by atoms with van der Waals surface area (Å²) < 4.78 is 1.80. The Kier molecular flexibility index (Phi) is 7.37. The van der Waals surface area contributed by atoms with Crippen LogP contribution in [0.1, 0.15) is 70.9 Å². The van der Waals surface area contributed by atoms with Gasteiger partial charge in [-0.25, -0.2) is 4.68 Å². The van der Waals surface area contributed by atoms with Gasteiger partial charge in [0.15, 0.2) is 0 Å². The first-order chi connectivity index (χ1) is 12.4. The fraction of sp³-hybridized carbons (Fsp3) is 0.500. The quantitative estimate of drug-likeness (QED) is 0.462. The summed E-state index contributed by atoms with van der Waals surface area (Å²) in [6.45, 7) is 15.8. The molecule has 4 N–H and O–H groups in total. The highest BCUT2D eigenvalue weighted by molar-refractivity contribution is 5.96. The standard InChI is InChI=1S/C20H31N7.ClH/c1-13(23-25-18(21)22)17-12-27(26-24-17)11-14-8-15(19(2,3)4)10-16(9-14)20(5,6)7;/h8-10,12H,11H2,1-7H3,(H4,21,22,25);1H/b23-13+;. The molecule has 7 nitrogen and oxygen atoms in total. The topological polar surface area (TPSA) is 107 Å². The van der Waals surface area contributed by atoms with Crippen molar-refractivity contribution in [1.82, 2.24) is 15.0 Å². The Balaban J connectivity index is 0.00000392. The number of nitrogens with two attached hydrogens (primary N) is 2. The fourth-order valence-electron chi connectivity index (χ4n) is 2.56. The molecule has 0 atom stereocenters. The third-order valence-corrected chi connectivity index (χ3v) is 4.29. The fourth-order valence-corrected chi connectivity index (χ4v) is 2.56. The normalized spacial score (nSPS) is 12.5. The molecule has 0 aliphatic carbocycles. The van der Waals surface area contributed by atoms with Crippen LogP contribution in [0, 0.1) is 0 Å². The number of guanidine groups is 1. The minimum absolute atomic E-state index is 0. The molecule has 0 saturated carbocycles. The number of nitrogens with zero attached hydrogens (tertiary/aromatic N) is 5. The lowest BCUT2D eigenvalue weighted by Crippen LogP contribution is -2.22. The first-order valence-electron chi connectivity index (χ1n) is 9.05. The van der Waals surface area contributed by atoms with Crippen LogP contribution in [0.2, 0.25) is 0 Å². The maximum Gasteiger partial charge on any atom is 0.211 e. The molecule has 1 aromatic heterocycles. The van der Waals surface area contributed by atoms with Gasteiger partial charge >= 0.3 is 0 Å². The van der Waals surface area contributed by atoms with Gasteiger partial charge in [-0.2, -0.15) is 0 Å². The van der Waals surface area contributed by atoms with Crippen LogP contribution in [-0.2, 0) is 17.4 Å². The van der Waals surface area contributed by atoms with Crippen molar-refractivity contribution in [2.75, 3.05) is 0 Å². The number of aromatic nitrogens is 3. The lowest BCUT2D eigenvalue weighted by Gasteiger charge is -2.26. The van der Waals surface area contributed by atoms with E-state index >= 15 is 0 Å². The Bertz CT molecular complexity index is 831. The molecule has 154 valence electrons. The average Bonchev–Trinajstić information content (AvgIpc) is 2.99. The number of rotatable bonds is 4. The highest BCUT2D eigenvalue weighted by Crippen LogP contribution is 2.30. The minimum Gasteiger partial charge on any atom is -0.369 e. The molecule has 1 heterocycles. The highest BCUT2D eigenvalue weighted by Gasteiger charge is 2.20. The van der Waals surface area contributed by atoms with Crippen LogP contribution in [-0.4, -0.2) is 26.7 Å². The Morgan fingerprint density at radius 1 is 0.964 bits per heavy atom. The van der Waals surface area contributed by atoms with Crippen LogP contribution in [0.25, 0.3) is 0 Å². The van der Waals surface area contributed by atoms with E-state index in [4.69, 9.17) is 11.5 Å². The molecule has 0 saturated heterocycles. The molecule has 0 fully saturated rings. The molecular formula is C20H32ClN7. The van der Waals surface area contributed by atoms with Crippen LogP contribution < -0.4 is 11.5 Å². The molecular weight excluding hydrogens is 374 g/mol. The molecule has 2 aromatic rings. The van der Waals surface area contributed by atoms with Gasteiger partial charge in [-0.3, -0.25) is 0 Å². The van der Waals surface area contributed by atoms with Gasteiger partial charge in [-0.1, -0.05) is 65.0 Å². The Labute approximate surface area is 173 Å². The van der Waals surface area contributed by atoms with Gasteiger partial charge < -0.3 is 11.5 Å². The van der Waals surface area contributed by atoms with Crippen LogP contribution in [0.5, 0.6) is 0 Å². The van der Waals surface area contributed by atoms with E-state index in [1.807, 2.05) is 6.20 Å². The van der Waals surface area contributed by atoms with E-state index in [0.717, 1.165) is 0 Å². The summed E-state index contributed by atoms with van der Waals surface area (Å²) in [7, 11) is 0. The maximum absolute atomic E-state index is 5.30. The summed E-state index contributed by atoms with van der Waals surface area (Å²) in [5.74, 6) is -0.0875. The molecule has 8 heteroatoms. The summed E-state index contributed by atoms with van der Waals surface area (Å²) in [6.07, 6.45) is 1.85. The van der Waals surface area contributed by atoms with E-state index in [2.05, 4.69) is 80.3 Å². The number of halogens is 1. The summed E-state index contributed by atoms with van der Waals surface area (Å²) in [6, 6.07) is 6.80. The molecule has 2 rings (SSSR count). The molecule has 0 aliphatic rings. The average molecular weight is 406 g/mol. The minimum atomic E-state index is -0.0875. The summed E-state index contributed by atoms with van der Waals surface area (Å²) >= 11 is 0. The van der Waals surface area contributed by atoms with E-state index < -0.39 is 0 Å². The number of hydrogen-bond donors (Lipinski definition) is 2. The molecule has 0 aliphatic heterocycles. The van der Waals surface area contributed by atoms with Crippen molar-refractivity contribution in [3.8, 4) is 0 Å². The van der Waals surface area contributed by atoms with Crippen molar-refractivity contribution < 1.29 is 0 Å². The van der Waals surface area contributed by atoms with Crippen molar-refractivity contribution >= 4 is 24.1 Å². The molecule has 0 spiro atoms. The molecule has 0 unspecified atom stereocenters. The van der Waals surface area contributed by atoms with E-state index in [0.29, 0.717) is 18.0 Å². The predicted octanol–water partition coefficient (Wildman–Crippen LogP) is 3.34. The van der Waals surface area contributed by atoms with Gasteiger partial charge in [-0.15, -0.1) is 27.7 Å². The second kappa shape index (κ2) is 8.73. The summed E-state index contributed by atoms with van der Waals surface area (Å²) in [5.41, 5.74) is 15.8. The zero-order valence-electron chi connectivity index (χ0n) is 17.8. The van der Waals surface area contributed by atoms with Crippen molar-refractivity contribution in [3.63, 3.8) is 0 Å². The van der Waals surface area contributed by atoms with E-state index in [1.54, 1.807) is 11.6 Å². The first kappa shape index (κ1) is 23.6. The van der Waals surface area contributed by atoms with Gasteiger partial charge in [0.05, 0.1) is 18.5 Å². The zero-order valence-corrected chi connectivity index (χ0v) is 18.6. The Morgan fingerprint density at radius 3 is 1.96 bits per heavy atom. The largest absolute Gasteiger partial charge is 0.369 e. The van der Waals surface area contributed by atoms with Crippen molar-refractivity contribution in [2.45, 2.75) is 65.8 Å². The van der Waals surface area contributed by atoms with Gasteiger partial charge in [0.25, 0.3) is 0 Å². The van der Waals surface area contributed by atoms with E-state index in [1.165, 1.54) is 16.7 Å². The zero-order chi connectivity index (χ0) is 20.4. The van der Waals surface area contributed by atoms with Gasteiger partial charge in [-0.05, 0) is 34.4 Å². The van der Waals surface area contributed by atoms with Crippen LogP contribution >= 0.6 is 12.4 Å². The molecule has 0 amide bonds. The molecule has 1 aromatic carbocycles. The van der Waals surface area contributed by atoms with Gasteiger partial charge in [0.2, 0.25) is 5.96 Å². The third kappa shape index (κ3) is 6.34. The number of hydrogen-bond acceptors (Lipinski definition) is 4. The van der Waals surface area contributed by atoms with Crippen molar-refractivity contribution in [2.24, 2.45) is 21.7 Å². The van der Waals surface area contributed by atoms with Gasteiger partial charge in [0.1, 0.15) is 5.69 Å². The van der Waals surface area contributed by atoms with Crippen LogP contribution in [0.4, 0.5) is 0 Å². The molecule has 0 bridgehead atoms. The monoisotopic (exact) mass is 405 g/mol. The molecule has 0 radical (unpaired) electrons. The Hall–Kier alpha value is -2.41. The summed E-state index contributed by atoms with van der Waals surface area (Å²) in [5, 5.41) is 16.0. The second-order valence-electron chi connectivity index (χ2n) is 8.93. The lowest BCUT2D eigenvalue weighted by molar-refractivity contribution is 0.563. The lowest BCUT2D eigenvalue weighted by atomic mass is 9.79.